The zero-order valence-corrected chi connectivity index (χ0v) is 16.0. The van der Waals surface area contributed by atoms with Gasteiger partial charge in [-0.1, -0.05) is 6.08 Å². The molecule has 0 radical (unpaired) electrons. The number of likely N-dealkylation sites (tertiary alicyclic amines) is 1. The van der Waals surface area contributed by atoms with Crippen molar-refractivity contribution in [2.24, 2.45) is 0 Å². The number of hydrogen-bond donors (Lipinski definition) is 2. The summed E-state index contributed by atoms with van der Waals surface area (Å²) < 4.78 is 10.2. The third-order valence-electron chi connectivity index (χ3n) is 4.27. The number of nitrogens with zero attached hydrogens (tertiary/aromatic N) is 1. The van der Waals surface area contributed by atoms with E-state index in [1.54, 1.807) is 20.8 Å². The number of piperidine rings is 1. The molecule has 26 heavy (non-hydrogen) atoms. The van der Waals surface area contributed by atoms with Crippen LogP contribution in [0.1, 0.15) is 52.9 Å². The van der Waals surface area contributed by atoms with Crippen molar-refractivity contribution in [2.75, 3.05) is 13.7 Å². The monoisotopic (exact) mass is 370 g/mol. The van der Waals surface area contributed by atoms with E-state index in [0.717, 1.165) is 12.8 Å². The lowest BCUT2D eigenvalue weighted by Gasteiger charge is -2.40. The average molecular weight is 370 g/mol. The van der Waals surface area contributed by atoms with E-state index in [-0.39, 0.29) is 12.8 Å². The molecule has 8 nitrogen and oxygen atoms in total. The largest absolute Gasteiger partial charge is 0.467 e. The van der Waals surface area contributed by atoms with Gasteiger partial charge in [-0.3, -0.25) is 0 Å². The van der Waals surface area contributed by atoms with Gasteiger partial charge in [0.1, 0.15) is 11.1 Å². The summed E-state index contributed by atoms with van der Waals surface area (Å²) in [6, 6.07) is -0.407. The Morgan fingerprint density at radius 1 is 1.31 bits per heavy atom. The molecule has 0 spiro atoms. The van der Waals surface area contributed by atoms with Crippen molar-refractivity contribution < 1.29 is 29.0 Å². The summed E-state index contributed by atoms with van der Waals surface area (Å²) in [6.07, 6.45) is 2.13. The van der Waals surface area contributed by atoms with E-state index in [0.29, 0.717) is 13.0 Å². The molecule has 0 bridgehead atoms. The number of rotatable bonds is 6. The first-order valence-corrected chi connectivity index (χ1v) is 8.74. The maximum atomic E-state index is 12.6. The molecule has 1 heterocycles. The molecule has 1 saturated heterocycles. The predicted octanol–water partition coefficient (Wildman–Crippen LogP) is 2.92. The summed E-state index contributed by atoms with van der Waals surface area (Å²) in [5.41, 5.74) is -2.17. The van der Waals surface area contributed by atoms with Gasteiger partial charge in [0.2, 0.25) is 0 Å². The Labute approximate surface area is 154 Å². The topological polar surface area (TPSA) is 105 Å². The van der Waals surface area contributed by atoms with Crippen LogP contribution in [0.15, 0.2) is 12.7 Å². The molecular formula is C18H30N2O6. The Kier molecular flexibility index (Phi) is 7.47. The Balaban J connectivity index is 3.13. The third kappa shape index (κ3) is 5.93. The zero-order chi connectivity index (χ0) is 20.0. The van der Waals surface area contributed by atoms with E-state index < -0.39 is 35.3 Å². The smallest absolute Gasteiger partial charge is 0.408 e. The van der Waals surface area contributed by atoms with E-state index in [1.807, 2.05) is 0 Å². The van der Waals surface area contributed by atoms with Crippen LogP contribution in [-0.2, 0) is 14.3 Å². The van der Waals surface area contributed by atoms with Crippen LogP contribution >= 0.6 is 0 Å². The van der Waals surface area contributed by atoms with Crippen molar-refractivity contribution in [3.8, 4) is 0 Å². The van der Waals surface area contributed by atoms with Crippen LogP contribution in [0.25, 0.3) is 0 Å². The zero-order valence-electron chi connectivity index (χ0n) is 16.0. The molecule has 8 heteroatoms. The molecule has 1 aliphatic heterocycles. The Morgan fingerprint density at radius 3 is 2.46 bits per heavy atom. The molecule has 1 unspecified atom stereocenters. The number of carbonyl (C=O) groups excluding carboxylic acids is 2. The second-order valence-corrected chi connectivity index (χ2v) is 7.52. The molecule has 2 atom stereocenters. The number of alkyl carbamates (subject to hydrolysis) is 1. The Morgan fingerprint density at radius 2 is 1.96 bits per heavy atom. The molecule has 1 rings (SSSR count). The fourth-order valence-electron chi connectivity index (χ4n) is 3.21. The molecule has 1 aliphatic rings. The highest BCUT2D eigenvalue weighted by molar-refractivity contribution is 5.86. The minimum atomic E-state index is -1.44. The minimum absolute atomic E-state index is 0.0945. The van der Waals surface area contributed by atoms with Crippen molar-refractivity contribution in [2.45, 2.75) is 70.1 Å². The number of ether oxygens (including phenoxy) is 2. The second kappa shape index (κ2) is 8.91. The van der Waals surface area contributed by atoms with Crippen LogP contribution in [-0.4, -0.2) is 59.0 Å². The van der Waals surface area contributed by atoms with Gasteiger partial charge < -0.3 is 24.8 Å². The van der Waals surface area contributed by atoms with Crippen molar-refractivity contribution in [3.63, 3.8) is 0 Å². The number of amides is 2. The molecule has 0 aromatic heterocycles. The maximum Gasteiger partial charge on any atom is 0.408 e. The number of esters is 1. The van der Waals surface area contributed by atoms with Gasteiger partial charge in [0.15, 0.2) is 0 Å². The van der Waals surface area contributed by atoms with E-state index in [1.165, 1.54) is 18.1 Å². The summed E-state index contributed by atoms with van der Waals surface area (Å²) in [4.78, 5) is 37.7. The van der Waals surface area contributed by atoms with Crippen LogP contribution in [0.3, 0.4) is 0 Å². The summed E-state index contributed by atoms with van der Waals surface area (Å²) >= 11 is 0. The Hall–Kier alpha value is -2.25. The average Bonchev–Trinajstić information content (AvgIpc) is 2.52. The van der Waals surface area contributed by atoms with E-state index in [2.05, 4.69) is 11.9 Å². The first-order valence-electron chi connectivity index (χ1n) is 8.74. The number of nitrogens with one attached hydrogen (secondary N) is 1. The summed E-state index contributed by atoms with van der Waals surface area (Å²) in [5, 5.41) is 12.1. The van der Waals surface area contributed by atoms with Gasteiger partial charge in [-0.2, -0.15) is 0 Å². The van der Waals surface area contributed by atoms with Crippen molar-refractivity contribution in [1.29, 1.82) is 0 Å². The maximum absolute atomic E-state index is 12.6. The molecule has 0 aromatic carbocycles. The van der Waals surface area contributed by atoms with E-state index in [4.69, 9.17) is 9.47 Å². The van der Waals surface area contributed by atoms with Crippen LogP contribution in [0.5, 0.6) is 0 Å². The fourth-order valence-corrected chi connectivity index (χ4v) is 3.21. The van der Waals surface area contributed by atoms with Gasteiger partial charge in [0.05, 0.1) is 7.11 Å². The van der Waals surface area contributed by atoms with Gasteiger partial charge in [-0.05, 0) is 46.5 Å². The SMILES string of the molecule is C=CCC(C[C@@H]1CCCCN1C(=O)O)(NC(=O)OC(C)(C)C)C(=O)OC. The summed E-state index contributed by atoms with van der Waals surface area (Å²) in [5.74, 6) is -0.654. The number of carboxylic acid groups (broad SMARTS) is 1. The molecule has 2 amide bonds. The molecule has 148 valence electrons. The summed E-state index contributed by atoms with van der Waals surface area (Å²) in [6.45, 7) is 9.21. The molecule has 0 aliphatic carbocycles. The van der Waals surface area contributed by atoms with E-state index in [9.17, 15) is 19.5 Å². The molecular weight excluding hydrogens is 340 g/mol. The van der Waals surface area contributed by atoms with Crippen LogP contribution in [0, 0.1) is 0 Å². The summed E-state index contributed by atoms with van der Waals surface area (Å²) in [7, 11) is 1.23. The van der Waals surface area contributed by atoms with Crippen LogP contribution in [0.2, 0.25) is 0 Å². The number of methoxy groups -OCH3 is 1. The molecule has 2 N–H and O–H groups in total. The van der Waals surface area contributed by atoms with Crippen LogP contribution in [0.4, 0.5) is 9.59 Å². The molecule has 1 fully saturated rings. The van der Waals surface area contributed by atoms with Gasteiger partial charge in [0, 0.05) is 19.0 Å². The minimum Gasteiger partial charge on any atom is -0.467 e. The standard InChI is InChI=1S/C18H30N2O6/c1-6-10-18(14(21)25-5,19-15(22)26-17(2,3)4)12-13-9-7-8-11-20(13)16(23)24/h6,13H,1,7-12H2,2-5H3,(H,19,22)(H,23,24)/t13-,18?/m0/s1. The molecule has 0 saturated carbocycles. The van der Waals surface area contributed by atoms with Crippen molar-refractivity contribution in [3.05, 3.63) is 12.7 Å². The second-order valence-electron chi connectivity index (χ2n) is 7.52. The van der Waals surface area contributed by atoms with Crippen molar-refractivity contribution in [1.82, 2.24) is 10.2 Å². The van der Waals surface area contributed by atoms with Gasteiger partial charge in [-0.25, -0.2) is 14.4 Å². The predicted molar refractivity (Wildman–Crippen MR) is 95.9 cm³/mol. The van der Waals surface area contributed by atoms with Gasteiger partial charge in [0.25, 0.3) is 0 Å². The van der Waals surface area contributed by atoms with Gasteiger partial charge >= 0.3 is 18.2 Å². The normalized spacial score (nSPS) is 19.8. The lowest BCUT2D eigenvalue weighted by atomic mass is 9.84. The Bertz CT molecular complexity index is 542. The molecule has 0 aromatic rings. The van der Waals surface area contributed by atoms with Crippen LogP contribution < -0.4 is 5.32 Å². The lowest BCUT2D eigenvalue weighted by Crippen LogP contribution is -2.59. The van der Waals surface area contributed by atoms with Crippen molar-refractivity contribution >= 4 is 18.2 Å². The third-order valence-corrected chi connectivity index (χ3v) is 4.27. The first kappa shape index (κ1) is 21.8. The lowest BCUT2D eigenvalue weighted by molar-refractivity contribution is -0.149. The highest BCUT2D eigenvalue weighted by Gasteiger charge is 2.45. The highest BCUT2D eigenvalue weighted by Crippen LogP contribution is 2.29. The number of carbonyl (C=O) groups is 3. The quantitative estimate of drug-likeness (QED) is 0.550. The number of hydrogen-bond acceptors (Lipinski definition) is 5. The fraction of sp³-hybridized carbons (Fsp3) is 0.722. The highest BCUT2D eigenvalue weighted by atomic mass is 16.6. The van der Waals surface area contributed by atoms with Gasteiger partial charge in [-0.15, -0.1) is 6.58 Å². The first-order chi connectivity index (χ1) is 12.0. The van der Waals surface area contributed by atoms with E-state index >= 15 is 0 Å².